The van der Waals surface area contributed by atoms with Crippen molar-refractivity contribution in [1.29, 1.82) is 0 Å². The van der Waals surface area contributed by atoms with Gasteiger partial charge in [-0.25, -0.2) is 9.18 Å². The van der Waals surface area contributed by atoms with Gasteiger partial charge in [-0.2, -0.15) is 0 Å². The van der Waals surface area contributed by atoms with Gasteiger partial charge in [0.25, 0.3) is 0 Å². The normalized spacial score (nSPS) is 11.6. The lowest BCUT2D eigenvalue weighted by atomic mass is 10.0. The number of benzene rings is 3. The van der Waals surface area contributed by atoms with E-state index in [-0.39, 0.29) is 5.69 Å². The summed E-state index contributed by atoms with van der Waals surface area (Å²) in [7, 11) is 4.93. The summed E-state index contributed by atoms with van der Waals surface area (Å²) in [6.45, 7) is 1.91. The number of aromatic nitrogens is 4. The highest BCUT2D eigenvalue weighted by atomic mass is 19.1. The van der Waals surface area contributed by atoms with Crippen molar-refractivity contribution in [2.45, 2.75) is 0 Å². The van der Waals surface area contributed by atoms with Gasteiger partial charge in [0.1, 0.15) is 5.82 Å². The van der Waals surface area contributed by atoms with E-state index in [0.717, 1.165) is 32.9 Å². The molecular weight excluding hydrogens is 521 g/mol. The van der Waals surface area contributed by atoms with Crippen LogP contribution in [0, 0.1) is 5.82 Å². The number of nitrogens with zero attached hydrogens (tertiary/aromatic N) is 5. The van der Waals surface area contributed by atoms with Crippen LogP contribution in [0.4, 0.5) is 10.1 Å². The molecule has 0 aliphatic rings. The fraction of sp³-hybridized carbons (Fsp3) is 0.219. The molecule has 0 saturated carbocycles. The lowest BCUT2D eigenvalue weighted by Crippen LogP contribution is -2.31. The van der Waals surface area contributed by atoms with Crippen molar-refractivity contribution < 1.29 is 13.9 Å². The van der Waals surface area contributed by atoms with Gasteiger partial charge < -0.3 is 14.4 Å². The Labute approximate surface area is 236 Å². The van der Waals surface area contributed by atoms with E-state index in [1.807, 2.05) is 53.6 Å². The van der Waals surface area contributed by atoms with Gasteiger partial charge in [0, 0.05) is 63.0 Å². The minimum absolute atomic E-state index is 0.283. The molecule has 0 amide bonds. The summed E-state index contributed by atoms with van der Waals surface area (Å²) < 4.78 is 29.2. The maximum absolute atomic E-state index is 15.6. The lowest BCUT2D eigenvalue weighted by Gasteiger charge is -2.25. The maximum atomic E-state index is 15.6. The zero-order valence-electron chi connectivity index (χ0n) is 23.2. The number of imidazole rings is 1. The predicted octanol–water partition coefficient (Wildman–Crippen LogP) is 5.33. The molecule has 3 heterocycles. The van der Waals surface area contributed by atoms with E-state index in [1.54, 1.807) is 48.7 Å². The monoisotopic (exact) mass is 551 g/mol. The second-order valence-electron chi connectivity index (χ2n) is 9.93. The summed E-state index contributed by atoms with van der Waals surface area (Å²) in [6, 6.07) is 20.9. The van der Waals surface area contributed by atoms with Gasteiger partial charge in [-0.1, -0.05) is 24.3 Å². The third-order valence-electron chi connectivity index (χ3n) is 7.47. The SMILES string of the molecule is COCCN(CCOC)c1ccc(-n2c(=O)n(C)c3cnc4ccc(-c5cnc6ccccc6c5)cc4c32)cc1F. The first-order chi connectivity index (χ1) is 20.0. The van der Waals surface area contributed by atoms with Crippen LogP contribution in [-0.4, -0.2) is 59.6 Å². The number of anilines is 1. The molecule has 0 bridgehead atoms. The molecule has 0 atom stereocenters. The van der Waals surface area contributed by atoms with Crippen LogP contribution in [0.15, 0.2) is 83.9 Å². The van der Waals surface area contributed by atoms with Crippen LogP contribution in [0.1, 0.15) is 0 Å². The van der Waals surface area contributed by atoms with Crippen LogP contribution in [0.3, 0.4) is 0 Å². The highest BCUT2D eigenvalue weighted by Gasteiger charge is 2.19. The van der Waals surface area contributed by atoms with Gasteiger partial charge in [-0.15, -0.1) is 0 Å². The Bertz CT molecular complexity index is 1940. The predicted molar refractivity (Wildman–Crippen MR) is 160 cm³/mol. The quantitative estimate of drug-likeness (QED) is 0.242. The molecule has 41 heavy (non-hydrogen) atoms. The van der Waals surface area contributed by atoms with Gasteiger partial charge in [0.2, 0.25) is 0 Å². The average Bonchev–Trinajstić information content (AvgIpc) is 3.26. The molecule has 0 fully saturated rings. The van der Waals surface area contributed by atoms with Gasteiger partial charge in [0.05, 0.1) is 52.9 Å². The molecule has 0 radical (unpaired) electrons. The first-order valence-corrected chi connectivity index (χ1v) is 13.4. The number of hydrogen-bond acceptors (Lipinski definition) is 6. The molecule has 6 rings (SSSR count). The van der Waals surface area contributed by atoms with Crippen LogP contribution >= 0.6 is 0 Å². The van der Waals surface area contributed by atoms with Crippen molar-refractivity contribution in [3.8, 4) is 16.8 Å². The average molecular weight is 552 g/mol. The van der Waals surface area contributed by atoms with Crippen molar-refractivity contribution in [2.24, 2.45) is 7.05 Å². The van der Waals surface area contributed by atoms with E-state index in [1.165, 1.54) is 6.07 Å². The van der Waals surface area contributed by atoms with Crippen LogP contribution in [0.5, 0.6) is 0 Å². The van der Waals surface area contributed by atoms with Gasteiger partial charge in [-0.3, -0.25) is 19.1 Å². The molecule has 3 aromatic heterocycles. The molecule has 8 nitrogen and oxygen atoms in total. The van der Waals surface area contributed by atoms with Gasteiger partial charge in [0.15, 0.2) is 0 Å². The third-order valence-corrected chi connectivity index (χ3v) is 7.47. The van der Waals surface area contributed by atoms with E-state index < -0.39 is 5.82 Å². The first kappa shape index (κ1) is 26.6. The molecule has 0 aliphatic heterocycles. The number of methoxy groups -OCH3 is 2. The highest BCUT2D eigenvalue weighted by molar-refractivity contribution is 6.05. The van der Waals surface area contributed by atoms with Crippen LogP contribution in [0.25, 0.3) is 49.7 Å². The summed E-state index contributed by atoms with van der Waals surface area (Å²) >= 11 is 0. The molecule has 6 aromatic rings. The Morgan fingerprint density at radius 2 is 1.61 bits per heavy atom. The first-order valence-electron chi connectivity index (χ1n) is 13.4. The van der Waals surface area contributed by atoms with Crippen molar-refractivity contribution in [2.75, 3.05) is 45.4 Å². The number of fused-ring (bicyclic) bond motifs is 4. The fourth-order valence-corrected chi connectivity index (χ4v) is 5.29. The molecule has 208 valence electrons. The van der Waals surface area contributed by atoms with Crippen molar-refractivity contribution >= 4 is 38.5 Å². The van der Waals surface area contributed by atoms with Crippen LogP contribution < -0.4 is 10.6 Å². The van der Waals surface area contributed by atoms with E-state index in [2.05, 4.69) is 16.0 Å². The number of para-hydroxylation sites is 1. The Balaban J connectivity index is 1.50. The summed E-state index contributed by atoms with van der Waals surface area (Å²) in [6.07, 6.45) is 3.54. The second-order valence-corrected chi connectivity index (χ2v) is 9.93. The smallest absolute Gasteiger partial charge is 0.333 e. The zero-order valence-corrected chi connectivity index (χ0v) is 23.2. The van der Waals surface area contributed by atoms with E-state index >= 15 is 4.39 Å². The summed E-state index contributed by atoms with van der Waals surface area (Å²) in [5, 5.41) is 1.83. The lowest BCUT2D eigenvalue weighted by molar-refractivity contribution is 0.190. The second kappa shape index (κ2) is 11.1. The molecule has 3 aromatic carbocycles. The standard InChI is InChI=1S/C32H30FN5O3/c1-36-30-20-35-28-10-8-21(23-16-22-6-4-5-7-27(22)34-19-23)17-25(28)31(30)38(32(36)39)24-9-11-29(26(33)18-24)37(12-14-40-2)13-15-41-3/h4-11,16-20H,12-15H2,1-3H3. The number of halogens is 1. The summed E-state index contributed by atoms with van der Waals surface area (Å²) in [5.41, 5.74) is 5.46. The molecular formula is C32H30FN5O3. The van der Waals surface area contributed by atoms with Gasteiger partial charge >= 0.3 is 5.69 Å². The zero-order chi connectivity index (χ0) is 28.5. The van der Waals surface area contributed by atoms with Crippen LogP contribution in [-0.2, 0) is 16.5 Å². The number of rotatable bonds is 9. The Morgan fingerprint density at radius 1 is 0.854 bits per heavy atom. The van der Waals surface area contributed by atoms with E-state index in [9.17, 15) is 4.79 Å². The minimum Gasteiger partial charge on any atom is -0.383 e. The largest absolute Gasteiger partial charge is 0.383 e. The highest BCUT2D eigenvalue weighted by Crippen LogP contribution is 2.31. The van der Waals surface area contributed by atoms with Crippen LogP contribution in [0.2, 0.25) is 0 Å². The summed E-state index contributed by atoms with van der Waals surface area (Å²) in [4.78, 5) is 24.7. The van der Waals surface area contributed by atoms with E-state index in [4.69, 9.17) is 9.47 Å². The minimum atomic E-state index is -0.431. The number of aryl methyl sites for hydroxylation is 1. The van der Waals surface area contributed by atoms with E-state index in [0.29, 0.717) is 48.7 Å². The summed E-state index contributed by atoms with van der Waals surface area (Å²) in [5.74, 6) is -0.431. The Kier molecular flexibility index (Phi) is 7.21. The Hall–Kier alpha value is -4.60. The molecule has 0 saturated heterocycles. The van der Waals surface area contributed by atoms with Gasteiger partial charge in [-0.05, 0) is 42.0 Å². The van der Waals surface area contributed by atoms with Crippen molar-refractivity contribution in [3.63, 3.8) is 0 Å². The third kappa shape index (κ3) is 4.83. The maximum Gasteiger partial charge on any atom is 0.333 e. The molecule has 9 heteroatoms. The molecule has 0 aliphatic carbocycles. The van der Waals surface area contributed by atoms with Crippen molar-refractivity contribution in [1.82, 2.24) is 19.1 Å². The molecule has 0 N–H and O–H groups in total. The Morgan fingerprint density at radius 3 is 2.37 bits per heavy atom. The molecule has 0 spiro atoms. The topological polar surface area (TPSA) is 74.4 Å². The fourth-order valence-electron chi connectivity index (χ4n) is 5.29. The number of hydrogen-bond donors (Lipinski definition) is 0. The van der Waals surface area contributed by atoms with Crippen molar-refractivity contribution in [3.05, 3.63) is 95.4 Å². The number of ether oxygens (including phenoxy) is 2. The number of pyridine rings is 2. The molecule has 0 unspecified atom stereocenters.